The zero-order valence-electron chi connectivity index (χ0n) is 22.4. The third kappa shape index (κ3) is 5.95. The van der Waals surface area contributed by atoms with Crippen molar-refractivity contribution in [3.05, 3.63) is 84.1 Å². The first kappa shape index (κ1) is 26.4. The van der Waals surface area contributed by atoms with Gasteiger partial charge in [0, 0.05) is 67.9 Å². The van der Waals surface area contributed by atoms with E-state index in [0.29, 0.717) is 22.6 Å². The molecular formula is C31H32F2N4O2. The molecule has 0 unspecified atom stereocenters. The lowest BCUT2D eigenvalue weighted by atomic mass is 10.1. The van der Waals surface area contributed by atoms with E-state index in [1.165, 1.54) is 43.5 Å². The Kier molecular flexibility index (Phi) is 7.37. The summed E-state index contributed by atoms with van der Waals surface area (Å²) in [5.74, 6) is -2.89. The number of anilines is 3. The quantitative estimate of drug-likeness (QED) is 0.269. The van der Waals surface area contributed by atoms with Crippen LogP contribution in [0, 0.1) is 0 Å². The standard InChI is InChI=1S/C31H32F2N4O2/c1-31(32,33)23-11-7-22(8-12-23)30-35-27(28(39-30)21-9-15-25(16-10-21)36(2)3)29(38)34-24-13-17-26(18-14-24)37-19-5-4-6-20-37/h7-18H,4-6,19-20H2,1-3H3,(H,34,38). The normalized spacial score (nSPS) is 13.8. The highest BCUT2D eigenvalue weighted by Crippen LogP contribution is 2.34. The SMILES string of the molecule is CN(C)c1ccc(-c2oc(-c3ccc(C(C)(F)F)cc3)nc2C(=O)Nc2ccc(N3CCCCC3)cc2)cc1. The van der Waals surface area contributed by atoms with Crippen molar-refractivity contribution in [1.82, 2.24) is 4.98 Å². The molecule has 5 rings (SSSR count). The number of carbonyl (C=O) groups excluding carboxylic acids is 1. The van der Waals surface area contributed by atoms with Gasteiger partial charge < -0.3 is 19.5 Å². The van der Waals surface area contributed by atoms with Crippen LogP contribution in [0.25, 0.3) is 22.8 Å². The Morgan fingerprint density at radius 1 is 0.897 bits per heavy atom. The summed E-state index contributed by atoms with van der Waals surface area (Å²) in [5, 5.41) is 2.93. The van der Waals surface area contributed by atoms with Crippen LogP contribution in [-0.2, 0) is 5.92 Å². The number of amides is 1. The number of nitrogens with zero attached hydrogens (tertiary/aromatic N) is 3. The second-order valence-electron chi connectivity index (χ2n) is 10.2. The summed E-state index contributed by atoms with van der Waals surface area (Å²) < 4.78 is 33.5. The maximum atomic E-state index is 13.7. The molecule has 202 valence electrons. The number of benzene rings is 3. The summed E-state index contributed by atoms with van der Waals surface area (Å²) in [6.45, 7) is 2.94. The highest BCUT2D eigenvalue weighted by atomic mass is 19.3. The minimum atomic E-state index is -2.96. The number of oxazole rings is 1. The van der Waals surface area contributed by atoms with E-state index in [1.807, 2.05) is 67.5 Å². The summed E-state index contributed by atoms with van der Waals surface area (Å²) in [7, 11) is 3.89. The first-order chi connectivity index (χ1) is 18.7. The van der Waals surface area contributed by atoms with Crippen LogP contribution in [0.3, 0.4) is 0 Å². The molecule has 6 nitrogen and oxygen atoms in total. The highest BCUT2D eigenvalue weighted by Gasteiger charge is 2.26. The van der Waals surface area contributed by atoms with Crippen molar-refractivity contribution in [3.63, 3.8) is 0 Å². The zero-order valence-corrected chi connectivity index (χ0v) is 22.4. The molecule has 1 fully saturated rings. The first-order valence-electron chi connectivity index (χ1n) is 13.1. The lowest BCUT2D eigenvalue weighted by Gasteiger charge is -2.28. The molecule has 1 aliphatic heterocycles. The Hall–Kier alpha value is -4.20. The van der Waals surface area contributed by atoms with Gasteiger partial charge in [0.15, 0.2) is 11.5 Å². The topological polar surface area (TPSA) is 61.6 Å². The van der Waals surface area contributed by atoms with Gasteiger partial charge in [0.05, 0.1) is 0 Å². The smallest absolute Gasteiger partial charge is 0.278 e. The molecule has 39 heavy (non-hydrogen) atoms. The molecule has 1 N–H and O–H groups in total. The molecule has 0 spiro atoms. The fourth-order valence-electron chi connectivity index (χ4n) is 4.71. The molecule has 2 heterocycles. The number of hydrogen-bond donors (Lipinski definition) is 1. The molecule has 1 saturated heterocycles. The Labute approximate surface area is 227 Å². The molecular weight excluding hydrogens is 498 g/mol. The number of halogens is 2. The Bertz CT molecular complexity index is 1420. The molecule has 1 aliphatic rings. The van der Waals surface area contributed by atoms with Crippen molar-refractivity contribution in [1.29, 1.82) is 0 Å². The van der Waals surface area contributed by atoms with E-state index < -0.39 is 11.8 Å². The zero-order chi connectivity index (χ0) is 27.6. The molecule has 8 heteroatoms. The van der Waals surface area contributed by atoms with E-state index >= 15 is 0 Å². The van der Waals surface area contributed by atoms with Gasteiger partial charge in [0.25, 0.3) is 11.8 Å². The number of hydrogen-bond acceptors (Lipinski definition) is 5. The second kappa shape index (κ2) is 10.9. The number of nitrogens with one attached hydrogen (secondary N) is 1. The molecule has 0 saturated carbocycles. The maximum absolute atomic E-state index is 13.7. The van der Waals surface area contributed by atoms with Crippen LogP contribution in [0.1, 0.15) is 42.2 Å². The van der Waals surface area contributed by atoms with Crippen LogP contribution < -0.4 is 15.1 Å². The van der Waals surface area contributed by atoms with Gasteiger partial charge in [0.1, 0.15) is 0 Å². The van der Waals surface area contributed by atoms with E-state index in [4.69, 9.17) is 4.42 Å². The molecule has 0 bridgehead atoms. The van der Waals surface area contributed by atoms with E-state index in [1.54, 1.807) is 0 Å². The molecule has 0 aliphatic carbocycles. The van der Waals surface area contributed by atoms with Crippen LogP contribution in [0.4, 0.5) is 25.8 Å². The van der Waals surface area contributed by atoms with Gasteiger partial charge in [-0.3, -0.25) is 4.79 Å². The van der Waals surface area contributed by atoms with Gasteiger partial charge in [-0.1, -0.05) is 12.1 Å². The van der Waals surface area contributed by atoms with Gasteiger partial charge in [0.2, 0.25) is 5.89 Å². The molecule has 3 aromatic carbocycles. The average Bonchev–Trinajstić information content (AvgIpc) is 3.39. The summed E-state index contributed by atoms with van der Waals surface area (Å²) in [4.78, 5) is 22.3. The van der Waals surface area contributed by atoms with Gasteiger partial charge in [-0.2, -0.15) is 0 Å². The predicted octanol–water partition coefficient (Wildman–Crippen LogP) is 7.43. The van der Waals surface area contributed by atoms with Crippen LogP contribution >= 0.6 is 0 Å². The van der Waals surface area contributed by atoms with Gasteiger partial charge in [-0.05, 0) is 79.9 Å². The first-order valence-corrected chi connectivity index (χ1v) is 13.1. The van der Waals surface area contributed by atoms with Crippen LogP contribution in [0.5, 0.6) is 0 Å². The van der Waals surface area contributed by atoms with Gasteiger partial charge in [-0.15, -0.1) is 0 Å². The molecule has 4 aromatic rings. The molecule has 1 amide bonds. The van der Waals surface area contributed by atoms with Crippen molar-refractivity contribution in [2.45, 2.75) is 32.1 Å². The lowest BCUT2D eigenvalue weighted by molar-refractivity contribution is 0.0175. The summed E-state index contributed by atoms with van der Waals surface area (Å²) in [5.41, 5.74) is 3.97. The van der Waals surface area contributed by atoms with E-state index in [9.17, 15) is 13.6 Å². The third-order valence-corrected chi connectivity index (χ3v) is 6.97. The minimum Gasteiger partial charge on any atom is -0.435 e. The van der Waals surface area contributed by atoms with Gasteiger partial charge >= 0.3 is 0 Å². The number of carbonyl (C=O) groups is 1. The largest absolute Gasteiger partial charge is 0.435 e. The second-order valence-corrected chi connectivity index (χ2v) is 10.2. The van der Waals surface area contributed by atoms with Crippen molar-refractivity contribution in [3.8, 4) is 22.8 Å². The number of piperidine rings is 1. The Morgan fingerprint density at radius 3 is 2.10 bits per heavy atom. The van der Waals surface area contributed by atoms with Crippen molar-refractivity contribution in [2.75, 3.05) is 42.3 Å². The Balaban J connectivity index is 1.45. The van der Waals surface area contributed by atoms with E-state index in [0.717, 1.165) is 31.4 Å². The molecule has 0 radical (unpaired) electrons. The highest BCUT2D eigenvalue weighted by molar-refractivity contribution is 6.07. The van der Waals surface area contributed by atoms with Crippen molar-refractivity contribution < 1.29 is 18.0 Å². The summed E-state index contributed by atoms with van der Waals surface area (Å²) in [6, 6.07) is 21.1. The average molecular weight is 531 g/mol. The number of rotatable bonds is 7. The molecule has 1 aromatic heterocycles. The lowest BCUT2D eigenvalue weighted by Crippen LogP contribution is -2.29. The van der Waals surface area contributed by atoms with Crippen molar-refractivity contribution >= 4 is 23.0 Å². The minimum absolute atomic E-state index is 0.108. The monoisotopic (exact) mass is 530 g/mol. The van der Waals surface area contributed by atoms with E-state index in [2.05, 4.69) is 15.2 Å². The van der Waals surface area contributed by atoms with Crippen LogP contribution in [0.15, 0.2) is 77.2 Å². The van der Waals surface area contributed by atoms with Gasteiger partial charge in [-0.25, -0.2) is 13.8 Å². The summed E-state index contributed by atoms with van der Waals surface area (Å²) in [6.07, 6.45) is 3.64. The van der Waals surface area contributed by atoms with E-state index in [-0.39, 0.29) is 17.1 Å². The maximum Gasteiger partial charge on any atom is 0.278 e. The van der Waals surface area contributed by atoms with Crippen LogP contribution in [-0.4, -0.2) is 38.1 Å². The number of alkyl halides is 2. The summed E-state index contributed by atoms with van der Waals surface area (Å²) >= 11 is 0. The Morgan fingerprint density at radius 2 is 1.51 bits per heavy atom. The fraction of sp³-hybridized carbons (Fsp3) is 0.290. The third-order valence-electron chi connectivity index (χ3n) is 6.97. The van der Waals surface area contributed by atoms with Crippen molar-refractivity contribution in [2.24, 2.45) is 0 Å². The molecule has 0 atom stereocenters. The van der Waals surface area contributed by atoms with Crippen LogP contribution in [0.2, 0.25) is 0 Å². The predicted molar refractivity (Wildman–Crippen MR) is 152 cm³/mol. The number of aromatic nitrogens is 1. The fourth-order valence-corrected chi connectivity index (χ4v) is 4.71.